The number of anilines is 1. The summed E-state index contributed by atoms with van der Waals surface area (Å²) in [4.78, 5) is 12.6. The predicted octanol–water partition coefficient (Wildman–Crippen LogP) is 5.48. The van der Waals surface area contributed by atoms with Gasteiger partial charge in [0.1, 0.15) is 17.5 Å². The van der Waals surface area contributed by atoms with E-state index in [9.17, 15) is 14.4 Å². The van der Waals surface area contributed by atoms with E-state index in [1.807, 2.05) is 6.07 Å². The normalized spacial score (nSPS) is 11.2. The minimum absolute atomic E-state index is 0.110. The third-order valence-electron chi connectivity index (χ3n) is 4.25. The fraction of sp³-hybridized carbons (Fsp3) is 0.0952. The van der Waals surface area contributed by atoms with E-state index < -0.39 is 5.91 Å². The Bertz CT molecular complexity index is 1160. The summed E-state index contributed by atoms with van der Waals surface area (Å²) < 4.78 is 14.8. The Kier molecular flexibility index (Phi) is 6.02. The molecule has 3 rings (SSSR count). The van der Waals surface area contributed by atoms with Gasteiger partial charge >= 0.3 is 0 Å². The number of rotatable bonds is 4. The molecule has 1 heterocycles. The minimum Gasteiger partial charge on any atom is -0.320 e. The number of amides is 1. The molecule has 0 saturated heterocycles. The van der Waals surface area contributed by atoms with Gasteiger partial charge in [0.2, 0.25) is 0 Å². The average molecular weight is 429 g/mol. The monoisotopic (exact) mass is 428 g/mol. The van der Waals surface area contributed by atoms with Gasteiger partial charge in [0.05, 0.1) is 22.1 Å². The summed E-state index contributed by atoms with van der Waals surface area (Å²) >= 11 is 11.9. The molecule has 2 aromatic carbocycles. The summed E-state index contributed by atoms with van der Waals surface area (Å²) in [5.74, 6) is -0.954. The van der Waals surface area contributed by atoms with Crippen molar-refractivity contribution in [3.8, 4) is 11.8 Å². The summed E-state index contributed by atoms with van der Waals surface area (Å²) in [5.41, 5.74) is 2.86. The first-order valence-electron chi connectivity index (χ1n) is 8.50. The predicted molar refractivity (Wildman–Crippen MR) is 112 cm³/mol. The lowest BCUT2D eigenvalue weighted by molar-refractivity contribution is -0.112. The van der Waals surface area contributed by atoms with Crippen molar-refractivity contribution in [3.05, 3.63) is 80.9 Å². The number of benzene rings is 2. The number of nitrogens with one attached hydrogen (secondary N) is 1. The van der Waals surface area contributed by atoms with E-state index in [4.69, 9.17) is 23.2 Å². The van der Waals surface area contributed by atoms with E-state index in [1.165, 1.54) is 24.3 Å². The Morgan fingerprint density at radius 2 is 1.90 bits per heavy atom. The second-order valence-corrected chi connectivity index (χ2v) is 7.06. The Morgan fingerprint density at radius 3 is 2.52 bits per heavy atom. The van der Waals surface area contributed by atoms with Crippen molar-refractivity contribution in [1.82, 2.24) is 9.78 Å². The average Bonchev–Trinajstić information content (AvgIpc) is 2.96. The van der Waals surface area contributed by atoms with Crippen molar-refractivity contribution >= 4 is 40.9 Å². The molecule has 0 aliphatic rings. The third-order valence-corrected chi connectivity index (χ3v) is 4.80. The van der Waals surface area contributed by atoms with Crippen molar-refractivity contribution in [2.45, 2.75) is 13.8 Å². The summed E-state index contributed by atoms with van der Waals surface area (Å²) in [6.07, 6.45) is 1.47. The number of aryl methyl sites for hydroxylation is 1. The van der Waals surface area contributed by atoms with Crippen LogP contribution >= 0.6 is 23.2 Å². The number of hydrogen-bond donors (Lipinski definition) is 1. The summed E-state index contributed by atoms with van der Waals surface area (Å²) in [5, 5.41) is 17.2. The number of nitriles is 1. The largest absolute Gasteiger partial charge is 0.320 e. The number of carbonyl (C=O) groups is 1. The van der Waals surface area contributed by atoms with E-state index in [-0.39, 0.29) is 16.4 Å². The van der Waals surface area contributed by atoms with Crippen LogP contribution in [0.3, 0.4) is 0 Å². The molecule has 0 aliphatic carbocycles. The Labute approximate surface area is 177 Å². The lowest BCUT2D eigenvalue weighted by atomic mass is 10.1. The molecule has 0 bridgehead atoms. The van der Waals surface area contributed by atoms with Gasteiger partial charge in [-0.2, -0.15) is 10.4 Å². The zero-order valence-electron chi connectivity index (χ0n) is 15.5. The number of nitrogens with zero attached hydrogens (tertiary/aromatic N) is 3. The van der Waals surface area contributed by atoms with Crippen LogP contribution in [0.2, 0.25) is 10.0 Å². The molecule has 29 heavy (non-hydrogen) atoms. The molecular formula is C21H15Cl2FN4O. The molecule has 1 amide bonds. The topological polar surface area (TPSA) is 70.7 Å². The quantitative estimate of drug-likeness (QED) is 0.441. The highest BCUT2D eigenvalue weighted by Gasteiger charge is 2.16. The van der Waals surface area contributed by atoms with E-state index in [2.05, 4.69) is 10.4 Å². The smallest absolute Gasteiger partial charge is 0.266 e. The highest BCUT2D eigenvalue weighted by Crippen LogP contribution is 2.26. The maximum atomic E-state index is 13.2. The molecule has 146 valence electrons. The molecule has 0 atom stereocenters. The van der Waals surface area contributed by atoms with Crippen LogP contribution in [0.25, 0.3) is 11.8 Å². The standard InChI is InChI=1S/C21H15Cl2FN4O/c1-12-18(13(2)28(27-12)17-6-4-16(24)5-7-17)9-14(11-25)21(29)26-20-8-3-15(22)10-19(20)23/h3-10H,1-2H3,(H,26,29). The number of aromatic nitrogens is 2. The van der Waals surface area contributed by atoms with Crippen molar-refractivity contribution in [3.63, 3.8) is 0 Å². The molecule has 0 saturated carbocycles. The Morgan fingerprint density at radius 1 is 1.21 bits per heavy atom. The van der Waals surface area contributed by atoms with Crippen LogP contribution in [0.15, 0.2) is 48.0 Å². The highest BCUT2D eigenvalue weighted by molar-refractivity contribution is 6.36. The van der Waals surface area contributed by atoms with Gasteiger partial charge in [-0.25, -0.2) is 9.07 Å². The number of hydrogen-bond acceptors (Lipinski definition) is 3. The second kappa shape index (κ2) is 8.48. The third kappa shape index (κ3) is 4.48. The Hall–Kier alpha value is -3.14. The first kappa shape index (κ1) is 20.6. The van der Waals surface area contributed by atoms with Crippen LogP contribution < -0.4 is 5.32 Å². The first-order valence-corrected chi connectivity index (χ1v) is 9.26. The van der Waals surface area contributed by atoms with Gasteiger partial charge in [-0.05, 0) is 62.4 Å². The van der Waals surface area contributed by atoms with Crippen LogP contribution in [0.4, 0.5) is 10.1 Å². The zero-order valence-corrected chi connectivity index (χ0v) is 17.0. The minimum atomic E-state index is -0.606. The maximum Gasteiger partial charge on any atom is 0.266 e. The van der Waals surface area contributed by atoms with Crippen LogP contribution in [0, 0.1) is 31.0 Å². The van der Waals surface area contributed by atoms with Crippen LogP contribution in [0.5, 0.6) is 0 Å². The van der Waals surface area contributed by atoms with Crippen LogP contribution in [-0.4, -0.2) is 15.7 Å². The molecule has 5 nitrogen and oxygen atoms in total. The maximum absolute atomic E-state index is 13.2. The summed E-state index contributed by atoms with van der Waals surface area (Å²) in [6, 6.07) is 12.4. The van der Waals surface area contributed by atoms with Crippen molar-refractivity contribution in [1.29, 1.82) is 5.26 Å². The fourth-order valence-corrected chi connectivity index (χ4v) is 3.23. The lowest BCUT2D eigenvalue weighted by Crippen LogP contribution is -2.13. The zero-order chi connectivity index (χ0) is 21.1. The number of carbonyl (C=O) groups excluding carboxylic acids is 1. The van der Waals surface area contributed by atoms with Crippen molar-refractivity contribution in [2.75, 3.05) is 5.32 Å². The molecule has 0 unspecified atom stereocenters. The molecule has 0 radical (unpaired) electrons. The van der Waals surface area contributed by atoms with Gasteiger partial charge < -0.3 is 5.32 Å². The Balaban J connectivity index is 1.94. The molecule has 8 heteroatoms. The van der Waals surface area contributed by atoms with Crippen LogP contribution in [-0.2, 0) is 4.79 Å². The van der Waals surface area contributed by atoms with E-state index in [0.29, 0.717) is 33.3 Å². The van der Waals surface area contributed by atoms with Gasteiger partial charge in [0.15, 0.2) is 0 Å². The fourth-order valence-electron chi connectivity index (χ4n) is 2.77. The molecule has 0 fully saturated rings. The SMILES string of the molecule is Cc1nn(-c2ccc(F)cc2)c(C)c1C=C(C#N)C(=O)Nc1ccc(Cl)cc1Cl. The van der Waals surface area contributed by atoms with Gasteiger partial charge in [-0.15, -0.1) is 0 Å². The van der Waals surface area contributed by atoms with Gasteiger partial charge in [-0.3, -0.25) is 4.79 Å². The lowest BCUT2D eigenvalue weighted by Gasteiger charge is -2.07. The molecular weight excluding hydrogens is 414 g/mol. The summed E-state index contributed by atoms with van der Waals surface area (Å²) in [6.45, 7) is 3.57. The summed E-state index contributed by atoms with van der Waals surface area (Å²) in [7, 11) is 0. The van der Waals surface area contributed by atoms with Gasteiger partial charge in [0.25, 0.3) is 5.91 Å². The molecule has 0 spiro atoms. The van der Waals surface area contributed by atoms with Crippen molar-refractivity contribution < 1.29 is 9.18 Å². The van der Waals surface area contributed by atoms with E-state index >= 15 is 0 Å². The second-order valence-electron chi connectivity index (χ2n) is 6.22. The highest BCUT2D eigenvalue weighted by atomic mass is 35.5. The van der Waals surface area contributed by atoms with Gasteiger partial charge in [-0.1, -0.05) is 23.2 Å². The van der Waals surface area contributed by atoms with E-state index in [1.54, 1.807) is 42.8 Å². The number of halogens is 3. The van der Waals surface area contributed by atoms with E-state index in [0.717, 1.165) is 0 Å². The molecule has 1 aromatic heterocycles. The molecule has 0 aliphatic heterocycles. The molecule has 3 aromatic rings. The first-order chi connectivity index (χ1) is 13.8. The van der Waals surface area contributed by atoms with Crippen molar-refractivity contribution in [2.24, 2.45) is 0 Å². The van der Waals surface area contributed by atoms with Crippen LogP contribution in [0.1, 0.15) is 17.0 Å². The van der Waals surface area contributed by atoms with Gasteiger partial charge in [0, 0.05) is 16.3 Å². The molecule has 1 N–H and O–H groups in total.